The van der Waals surface area contributed by atoms with Gasteiger partial charge in [0.05, 0.1) is 18.3 Å². The summed E-state index contributed by atoms with van der Waals surface area (Å²) in [6.07, 6.45) is 1.33. The largest absolute Gasteiger partial charge is 0.495 e. The van der Waals surface area contributed by atoms with Gasteiger partial charge in [0.1, 0.15) is 5.75 Å². The summed E-state index contributed by atoms with van der Waals surface area (Å²) in [5, 5.41) is 9.09. The highest BCUT2D eigenvalue weighted by atomic mass is 35.5. The molecule has 0 spiro atoms. The zero-order valence-electron chi connectivity index (χ0n) is 8.81. The molecule has 0 aliphatic heterocycles. The third kappa shape index (κ3) is 2.24. The highest BCUT2D eigenvalue weighted by Crippen LogP contribution is 2.30. The molecule has 1 aromatic heterocycles. The Labute approximate surface area is 102 Å². The van der Waals surface area contributed by atoms with E-state index in [0.717, 1.165) is 0 Å². The molecule has 0 aliphatic rings. The molecule has 0 atom stereocenters. The number of benzene rings is 1. The van der Waals surface area contributed by atoms with Crippen LogP contribution < -0.4 is 4.74 Å². The summed E-state index contributed by atoms with van der Waals surface area (Å²) >= 11 is 5.95. The van der Waals surface area contributed by atoms with Gasteiger partial charge in [0.25, 0.3) is 0 Å². The number of hydrogen-bond acceptors (Lipinski definition) is 4. The molecule has 0 unspecified atom stereocenters. The van der Waals surface area contributed by atoms with Gasteiger partial charge in [-0.25, -0.2) is 9.78 Å². The lowest BCUT2D eigenvalue weighted by Gasteiger charge is -2.03. The second-order valence-corrected chi connectivity index (χ2v) is 3.59. The molecule has 17 heavy (non-hydrogen) atoms. The molecule has 0 bridgehead atoms. The van der Waals surface area contributed by atoms with Crippen molar-refractivity contribution in [2.24, 2.45) is 0 Å². The number of halogens is 1. The summed E-state index contributed by atoms with van der Waals surface area (Å²) in [5.74, 6) is -0.692. The van der Waals surface area contributed by atoms with E-state index in [9.17, 15) is 4.79 Å². The van der Waals surface area contributed by atoms with Crippen LogP contribution in [0.3, 0.4) is 0 Å². The maximum atomic E-state index is 10.6. The van der Waals surface area contributed by atoms with E-state index >= 15 is 0 Å². The first-order valence-corrected chi connectivity index (χ1v) is 5.02. The third-order valence-corrected chi connectivity index (χ3v) is 2.42. The lowest BCUT2D eigenvalue weighted by atomic mass is 10.2. The van der Waals surface area contributed by atoms with E-state index in [1.54, 1.807) is 18.2 Å². The van der Waals surface area contributed by atoms with E-state index in [0.29, 0.717) is 22.1 Å². The zero-order valence-corrected chi connectivity index (χ0v) is 9.56. The molecule has 1 N–H and O–H groups in total. The van der Waals surface area contributed by atoms with Gasteiger partial charge in [-0.15, -0.1) is 0 Å². The van der Waals surface area contributed by atoms with Crippen molar-refractivity contribution < 1.29 is 19.1 Å². The minimum absolute atomic E-state index is 0.340. The van der Waals surface area contributed by atoms with Gasteiger partial charge in [0.2, 0.25) is 0 Å². The van der Waals surface area contributed by atoms with Crippen LogP contribution in [0, 0.1) is 0 Å². The Bertz CT molecular complexity index is 564. The Morgan fingerprint density at radius 1 is 1.53 bits per heavy atom. The van der Waals surface area contributed by atoms with Crippen molar-refractivity contribution >= 4 is 17.6 Å². The predicted octanol–water partition coefficient (Wildman–Crippen LogP) is 2.70. The van der Waals surface area contributed by atoms with Gasteiger partial charge in [0, 0.05) is 5.56 Å². The van der Waals surface area contributed by atoms with E-state index in [1.807, 2.05) is 0 Å². The van der Waals surface area contributed by atoms with Crippen LogP contribution in [-0.2, 0) is 0 Å². The molecule has 0 radical (unpaired) electrons. The van der Waals surface area contributed by atoms with Gasteiger partial charge in [-0.05, 0) is 18.2 Å². The first-order chi connectivity index (χ1) is 8.11. The molecule has 1 heterocycles. The molecule has 2 rings (SSSR count). The Balaban J connectivity index is 2.39. The molecule has 0 saturated carbocycles. The van der Waals surface area contributed by atoms with Gasteiger partial charge in [-0.1, -0.05) is 11.6 Å². The summed E-state index contributed by atoms with van der Waals surface area (Å²) in [7, 11) is 1.51. The number of carboxylic acids is 1. The minimum Gasteiger partial charge on any atom is -0.495 e. The third-order valence-electron chi connectivity index (χ3n) is 2.12. The average Bonchev–Trinajstić information content (AvgIpc) is 2.78. The molecular weight excluding hydrogens is 246 g/mol. The summed E-state index contributed by atoms with van der Waals surface area (Å²) < 4.78 is 10.1. The number of carbonyl (C=O) groups is 1. The Hall–Kier alpha value is -2.01. The number of aromatic carboxylic acids is 1. The van der Waals surface area contributed by atoms with Crippen LogP contribution in [0.15, 0.2) is 28.8 Å². The van der Waals surface area contributed by atoms with Crippen LogP contribution in [-0.4, -0.2) is 23.2 Å². The van der Waals surface area contributed by atoms with E-state index < -0.39 is 5.97 Å². The van der Waals surface area contributed by atoms with Crippen LogP contribution in [0.1, 0.15) is 10.7 Å². The highest BCUT2D eigenvalue weighted by molar-refractivity contribution is 6.32. The average molecular weight is 254 g/mol. The number of hydrogen-bond donors (Lipinski definition) is 1. The fourth-order valence-electron chi connectivity index (χ4n) is 1.33. The molecule has 0 saturated heterocycles. The summed E-state index contributed by atoms with van der Waals surface area (Å²) in [6, 6.07) is 4.99. The lowest BCUT2D eigenvalue weighted by Crippen LogP contribution is -1.94. The van der Waals surface area contributed by atoms with Crippen molar-refractivity contribution in [1.29, 1.82) is 0 Å². The molecule has 88 valence electrons. The molecule has 6 heteroatoms. The van der Waals surface area contributed by atoms with E-state index in [4.69, 9.17) is 25.9 Å². The zero-order chi connectivity index (χ0) is 12.4. The summed E-state index contributed by atoms with van der Waals surface area (Å²) in [5.41, 5.74) is 0.635. The second kappa shape index (κ2) is 4.47. The van der Waals surface area contributed by atoms with Crippen LogP contribution in [0.2, 0.25) is 5.02 Å². The SMILES string of the molecule is COc1ccc(-c2cnc(C(=O)O)o2)cc1Cl. The van der Waals surface area contributed by atoms with Crippen molar-refractivity contribution in [3.05, 3.63) is 35.3 Å². The van der Waals surface area contributed by atoms with Gasteiger partial charge in [0.15, 0.2) is 5.76 Å². The van der Waals surface area contributed by atoms with Crippen LogP contribution in [0.4, 0.5) is 0 Å². The molecule has 0 aliphatic carbocycles. The van der Waals surface area contributed by atoms with Crippen LogP contribution in [0.25, 0.3) is 11.3 Å². The van der Waals surface area contributed by atoms with Gasteiger partial charge >= 0.3 is 11.9 Å². The molecule has 2 aromatic rings. The Morgan fingerprint density at radius 3 is 2.82 bits per heavy atom. The number of ether oxygens (including phenoxy) is 1. The van der Waals surface area contributed by atoms with Crippen molar-refractivity contribution in [3.8, 4) is 17.1 Å². The van der Waals surface area contributed by atoms with Gasteiger partial charge < -0.3 is 14.3 Å². The predicted molar refractivity (Wildman–Crippen MR) is 60.5 cm³/mol. The van der Waals surface area contributed by atoms with Crippen molar-refractivity contribution in [2.75, 3.05) is 7.11 Å². The number of carboxylic acid groups (broad SMARTS) is 1. The highest BCUT2D eigenvalue weighted by Gasteiger charge is 2.13. The second-order valence-electron chi connectivity index (χ2n) is 3.18. The molecule has 5 nitrogen and oxygen atoms in total. The number of methoxy groups -OCH3 is 1. The normalized spacial score (nSPS) is 10.2. The Kier molecular flexibility index (Phi) is 3.01. The quantitative estimate of drug-likeness (QED) is 0.910. The van der Waals surface area contributed by atoms with Crippen molar-refractivity contribution in [2.45, 2.75) is 0 Å². The monoisotopic (exact) mass is 253 g/mol. The van der Waals surface area contributed by atoms with Crippen LogP contribution >= 0.6 is 11.6 Å². The number of rotatable bonds is 3. The number of oxazole rings is 1. The maximum Gasteiger partial charge on any atom is 0.392 e. The fraction of sp³-hybridized carbons (Fsp3) is 0.0909. The van der Waals surface area contributed by atoms with Crippen molar-refractivity contribution in [3.63, 3.8) is 0 Å². The molecular formula is C11H8ClNO4. The maximum absolute atomic E-state index is 10.6. The minimum atomic E-state index is -1.21. The van der Waals surface area contributed by atoms with E-state index in [-0.39, 0.29) is 5.89 Å². The topological polar surface area (TPSA) is 72.6 Å². The standard InChI is InChI=1S/C11H8ClNO4/c1-16-8-3-2-6(4-7(8)12)9-5-13-10(17-9)11(14)15/h2-5H,1H3,(H,14,15). The number of aromatic nitrogens is 1. The Morgan fingerprint density at radius 2 is 2.29 bits per heavy atom. The first-order valence-electron chi connectivity index (χ1n) is 4.65. The first kappa shape index (κ1) is 11.5. The molecule has 0 fully saturated rings. The van der Waals surface area contributed by atoms with Crippen molar-refractivity contribution in [1.82, 2.24) is 4.98 Å². The summed E-state index contributed by atoms with van der Waals surface area (Å²) in [6.45, 7) is 0. The summed E-state index contributed by atoms with van der Waals surface area (Å²) in [4.78, 5) is 14.2. The smallest absolute Gasteiger partial charge is 0.392 e. The number of nitrogens with zero attached hydrogens (tertiary/aromatic N) is 1. The van der Waals surface area contributed by atoms with Gasteiger partial charge in [-0.3, -0.25) is 0 Å². The van der Waals surface area contributed by atoms with E-state index in [2.05, 4.69) is 4.98 Å². The fourth-order valence-corrected chi connectivity index (χ4v) is 1.58. The van der Waals surface area contributed by atoms with Crippen LogP contribution in [0.5, 0.6) is 5.75 Å². The molecule has 0 amide bonds. The van der Waals surface area contributed by atoms with E-state index in [1.165, 1.54) is 13.3 Å². The lowest BCUT2D eigenvalue weighted by molar-refractivity contribution is 0.0654. The molecule has 1 aromatic carbocycles. The van der Waals surface area contributed by atoms with Gasteiger partial charge in [-0.2, -0.15) is 0 Å².